The highest BCUT2D eigenvalue weighted by Gasteiger charge is 2.28. The van der Waals surface area contributed by atoms with Gasteiger partial charge in [-0.05, 0) is 43.3 Å². The van der Waals surface area contributed by atoms with Gasteiger partial charge in [0, 0.05) is 115 Å². The molecule has 0 bridgehead atoms. The van der Waals surface area contributed by atoms with Crippen molar-refractivity contribution in [1.29, 1.82) is 0 Å². The molecule has 382 valence electrons. The van der Waals surface area contributed by atoms with Gasteiger partial charge in [0.25, 0.3) is 22.2 Å². The summed E-state index contributed by atoms with van der Waals surface area (Å²) < 4.78 is 18.8. The van der Waals surface area contributed by atoms with E-state index in [4.69, 9.17) is 37.4 Å². The van der Waals surface area contributed by atoms with Crippen LogP contribution in [0.4, 0.5) is 0 Å². The zero-order valence-electron chi connectivity index (χ0n) is 38.9. The second kappa shape index (κ2) is 26.1. The zero-order valence-corrected chi connectivity index (χ0v) is 40.4. The Morgan fingerprint density at radius 2 is 1.01 bits per heavy atom. The molecule has 1 fully saturated rings. The summed E-state index contributed by atoms with van der Waals surface area (Å²) >= 11 is 12.2. The molecular weight excluding hydrogens is 969 g/mol. The molecule has 71 heavy (non-hydrogen) atoms. The maximum atomic E-state index is 13.5. The first-order valence-corrected chi connectivity index (χ1v) is 23.5. The van der Waals surface area contributed by atoms with Crippen LogP contribution in [0.1, 0.15) is 36.1 Å². The van der Waals surface area contributed by atoms with Crippen LogP contribution in [-0.4, -0.2) is 156 Å². The Kier molecular flexibility index (Phi) is 19.8. The summed E-state index contributed by atoms with van der Waals surface area (Å²) in [6, 6.07) is 21.5. The lowest BCUT2D eigenvalue weighted by Crippen LogP contribution is -2.54. The maximum absolute atomic E-state index is 13.5. The molecule has 0 aliphatic carbocycles. The molecule has 0 radical (unpaired) electrons. The molecule has 0 saturated carbocycles. The van der Waals surface area contributed by atoms with Gasteiger partial charge in [0.2, 0.25) is 5.91 Å². The molecule has 5 aromatic rings. The highest BCUT2D eigenvalue weighted by atomic mass is 35.5. The smallest absolute Gasteiger partial charge is 0.340 e. The fourth-order valence-corrected chi connectivity index (χ4v) is 8.26. The third-order valence-electron chi connectivity index (χ3n) is 11.8. The number of para-hydroxylation sites is 1. The Morgan fingerprint density at radius 3 is 1.51 bits per heavy atom. The van der Waals surface area contributed by atoms with Gasteiger partial charge in [-0.15, -0.1) is 0 Å². The van der Waals surface area contributed by atoms with Gasteiger partial charge in [0.1, 0.15) is 0 Å². The molecule has 6 rings (SSSR count). The maximum Gasteiger partial charge on any atom is 0.340 e. The first-order chi connectivity index (χ1) is 34.1. The second-order valence-electron chi connectivity index (χ2n) is 16.7. The van der Waals surface area contributed by atoms with E-state index in [9.17, 15) is 49.6 Å². The quantitative estimate of drug-likeness (QED) is 0.0342. The van der Waals surface area contributed by atoms with Crippen LogP contribution in [0.15, 0.2) is 110 Å². The van der Waals surface area contributed by atoms with Gasteiger partial charge in [0.05, 0.1) is 52.6 Å². The van der Waals surface area contributed by atoms with Crippen LogP contribution < -0.4 is 32.3 Å². The fraction of sp³-hybridized carbons (Fsp3) is 0.404. The topological polar surface area (TPSA) is 256 Å². The van der Waals surface area contributed by atoms with Crippen LogP contribution in [-0.2, 0) is 45.2 Å². The standard InChI is InChI=1S/C47H57Cl2N9O13/c1-33(47(64)71-46-39(48)11-6-12-40(46)49)70-26-25-69-24-17-41(59)50-27-38-31-53(30-36-9-4-15-44(62)57(36)67)21-20-51(28-34-7-2-13-42(60)55(34)65)18-19-52(29-35-8-3-14-43(61)56(35)66)22-23-54(38)32-37-10-5-16-45(63)58(37)68/h2-16,33,38,65-68H,17-32H2,1H3,(H,50,59). The van der Waals surface area contributed by atoms with Crippen molar-refractivity contribution in [3.63, 3.8) is 0 Å². The molecule has 0 spiro atoms. The van der Waals surface area contributed by atoms with Crippen molar-refractivity contribution in [3.05, 3.63) is 165 Å². The molecule has 4 aromatic heterocycles. The number of esters is 1. The lowest BCUT2D eigenvalue weighted by Gasteiger charge is -2.39. The Balaban J connectivity index is 1.22. The van der Waals surface area contributed by atoms with Crippen molar-refractivity contribution >= 4 is 35.1 Å². The number of carbonyl (C=O) groups is 2. The first kappa shape index (κ1) is 53.8. The predicted molar refractivity (Wildman–Crippen MR) is 258 cm³/mol. The van der Waals surface area contributed by atoms with Gasteiger partial charge in [-0.25, -0.2) is 4.79 Å². The summed E-state index contributed by atoms with van der Waals surface area (Å²) in [5.41, 5.74) is -1.40. The number of halogens is 2. The van der Waals surface area contributed by atoms with Crippen LogP contribution in [0.25, 0.3) is 0 Å². The molecule has 1 aromatic carbocycles. The van der Waals surface area contributed by atoms with E-state index >= 15 is 0 Å². The second-order valence-corrected chi connectivity index (χ2v) is 17.5. The molecule has 5 N–H and O–H groups in total. The molecule has 1 aliphatic heterocycles. The third-order valence-corrected chi connectivity index (χ3v) is 12.4. The summed E-state index contributed by atoms with van der Waals surface area (Å²) in [6.07, 6.45) is -1.05. The number of nitrogens with zero attached hydrogens (tertiary/aromatic N) is 8. The van der Waals surface area contributed by atoms with Crippen molar-refractivity contribution in [2.75, 3.05) is 72.2 Å². The minimum absolute atomic E-state index is 0.000377. The van der Waals surface area contributed by atoms with E-state index < -0.39 is 40.4 Å². The molecule has 22 nitrogen and oxygen atoms in total. The molecule has 5 heterocycles. The number of rotatable bonds is 19. The Morgan fingerprint density at radius 1 is 0.592 bits per heavy atom. The number of ether oxygens (including phenoxy) is 3. The highest BCUT2D eigenvalue weighted by molar-refractivity contribution is 6.37. The van der Waals surface area contributed by atoms with Gasteiger partial charge in [-0.3, -0.25) is 43.6 Å². The largest absolute Gasteiger partial charge is 0.425 e. The number of amides is 1. The summed E-state index contributed by atoms with van der Waals surface area (Å²) in [7, 11) is 0. The van der Waals surface area contributed by atoms with Crippen molar-refractivity contribution in [2.45, 2.75) is 51.7 Å². The molecule has 1 amide bonds. The predicted octanol–water partition coefficient (Wildman–Crippen LogP) is 1.81. The van der Waals surface area contributed by atoms with Gasteiger partial charge in [-0.1, -0.05) is 53.5 Å². The van der Waals surface area contributed by atoms with Crippen molar-refractivity contribution in [3.8, 4) is 5.75 Å². The lowest BCUT2D eigenvalue weighted by molar-refractivity contribution is -0.147. The number of nitrogens with one attached hydrogen (secondary N) is 1. The van der Waals surface area contributed by atoms with E-state index in [-0.39, 0.29) is 118 Å². The van der Waals surface area contributed by atoms with Crippen molar-refractivity contribution < 1.29 is 44.6 Å². The highest BCUT2D eigenvalue weighted by Crippen LogP contribution is 2.32. The normalized spacial score (nSPS) is 16.2. The fourth-order valence-electron chi connectivity index (χ4n) is 7.78. The number of hydrogen-bond acceptors (Lipinski definition) is 17. The third kappa shape index (κ3) is 15.5. The van der Waals surface area contributed by atoms with Crippen LogP contribution in [0, 0.1) is 0 Å². The number of carbonyl (C=O) groups excluding carboxylic acids is 2. The van der Waals surface area contributed by atoms with Gasteiger partial charge in [-0.2, -0.15) is 18.9 Å². The van der Waals surface area contributed by atoms with Crippen LogP contribution >= 0.6 is 23.2 Å². The number of aromatic nitrogens is 4. The van der Waals surface area contributed by atoms with E-state index in [1.54, 1.807) is 36.4 Å². The number of pyridine rings is 4. The van der Waals surface area contributed by atoms with Gasteiger partial charge < -0.3 is 40.4 Å². The molecular formula is C47H57Cl2N9O13. The van der Waals surface area contributed by atoms with Crippen LogP contribution in [0.3, 0.4) is 0 Å². The van der Waals surface area contributed by atoms with Gasteiger partial charge >= 0.3 is 5.97 Å². The van der Waals surface area contributed by atoms with Gasteiger partial charge in [0.15, 0.2) is 11.9 Å². The molecule has 2 atom stereocenters. The monoisotopic (exact) mass is 1030 g/mol. The minimum Gasteiger partial charge on any atom is -0.425 e. The summed E-state index contributed by atoms with van der Waals surface area (Å²) in [4.78, 5) is 84.2. The molecule has 2 unspecified atom stereocenters. The van der Waals surface area contributed by atoms with E-state index in [1.165, 1.54) is 61.5 Å². The van der Waals surface area contributed by atoms with E-state index in [2.05, 4.69) is 5.32 Å². The van der Waals surface area contributed by atoms with E-state index in [1.807, 2.05) is 19.6 Å². The first-order valence-electron chi connectivity index (χ1n) is 22.7. The SMILES string of the molecule is CC(OCCOCCC(=O)NCC1CN(Cc2cccc(=O)n2O)CCN(Cc2cccc(=O)n2O)CCN(Cc2cccc(=O)n2O)CCN1Cc1cccc(=O)n1O)C(=O)Oc1c(Cl)cccc1Cl. The van der Waals surface area contributed by atoms with E-state index in [0.29, 0.717) is 49.9 Å². The Bertz CT molecular complexity index is 2820. The van der Waals surface area contributed by atoms with Crippen LogP contribution in [0.5, 0.6) is 5.75 Å². The molecule has 24 heteroatoms. The van der Waals surface area contributed by atoms with E-state index in [0.717, 1.165) is 0 Å². The summed E-state index contributed by atoms with van der Waals surface area (Å²) in [5, 5.41) is 46.4. The summed E-state index contributed by atoms with van der Waals surface area (Å²) in [5.74, 6) is -1.08. The average molecular weight is 1030 g/mol. The number of benzene rings is 1. The lowest BCUT2D eigenvalue weighted by atomic mass is 10.1. The molecule has 1 saturated heterocycles. The summed E-state index contributed by atoms with van der Waals surface area (Å²) in [6.45, 7) is 3.89. The Labute approximate surface area is 417 Å². The zero-order chi connectivity index (χ0) is 51.0. The minimum atomic E-state index is -0.987. The molecule has 1 aliphatic rings. The average Bonchev–Trinajstić information content (AvgIpc) is 3.34. The number of hydrogen-bond donors (Lipinski definition) is 5. The Hall–Kier alpha value is -6.50. The van der Waals surface area contributed by atoms with Crippen molar-refractivity contribution in [1.82, 2.24) is 43.8 Å². The van der Waals surface area contributed by atoms with Crippen LogP contribution in [0.2, 0.25) is 10.0 Å². The van der Waals surface area contributed by atoms with Crippen molar-refractivity contribution in [2.24, 2.45) is 0 Å².